The third kappa shape index (κ3) is 7.03. The Morgan fingerprint density at radius 1 is 0.966 bits per heavy atom. The summed E-state index contributed by atoms with van der Waals surface area (Å²) in [4.78, 5) is 14.6. The van der Waals surface area contributed by atoms with Crippen LogP contribution < -0.4 is 24.3 Å². The second kappa shape index (κ2) is 12.0. The lowest BCUT2D eigenvalue weighted by Crippen LogP contribution is -2.23. The summed E-state index contributed by atoms with van der Waals surface area (Å²) in [5.74, 6) is 1.90. The minimum absolute atomic E-state index is 0. The largest absolute Gasteiger partial charge is 0.493 e. The first kappa shape index (κ1) is 24.4. The lowest BCUT2D eigenvalue weighted by molar-refractivity contribution is 0.0950. The Hall–Kier alpha value is -2.64. The number of ether oxygens (including phenoxy) is 4. The Labute approximate surface area is 178 Å². The first-order valence-electron chi connectivity index (χ1n) is 8.93. The molecule has 0 aromatic heterocycles. The van der Waals surface area contributed by atoms with Crippen LogP contribution in [0.1, 0.15) is 15.9 Å². The predicted molar refractivity (Wildman–Crippen MR) is 115 cm³/mol. The Balaban J connectivity index is 0.00000420. The van der Waals surface area contributed by atoms with Gasteiger partial charge < -0.3 is 29.2 Å². The van der Waals surface area contributed by atoms with Crippen LogP contribution in [0.2, 0.25) is 0 Å². The van der Waals surface area contributed by atoms with Crippen LogP contribution in [0.15, 0.2) is 36.4 Å². The van der Waals surface area contributed by atoms with Crippen LogP contribution in [0.25, 0.3) is 0 Å². The van der Waals surface area contributed by atoms with E-state index in [0.717, 1.165) is 17.9 Å². The maximum absolute atomic E-state index is 12.5. The minimum Gasteiger partial charge on any atom is -0.493 e. The van der Waals surface area contributed by atoms with Crippen molar-refractivity contribution in [3.8, 4) is 23.0 Å². The normalized spacial score (nSPS) is 10.1. The van der Waals surface area contributed by atoms with Gasteiger partial charge in [0, 0.05) is 18.7 Å². The smallest absolute Gasteiger partial charge is 0.251 e. The van der Waals surface area contributed by atoms with Gasteiger partial charge in [-0.15, -0.1) is 12.4 Å². The predicted octanol–water partition coefficient (Wildman–Crippen LogP) is 3.00. The molecule has 2 rings (SSSR count). The Morgan fingerprint density at radius 3 is 2.03 bits per heavy atom. The number of carbonyl (C=O) groups is 1. The quantitative estimate of drug-likeness (QED) is 0.632. The van der Waals surface area contributed by atoms with Crippen molar-refractivity contribution in [1.82, 2.24) is 10.2 Å². The SMILES string of the molecule is COc1cc(C(=O)NCc2ccc(OCCN(C)C)cc2)cc(OC)c1OC.Cl. The van der Waals surface area contributed by atoms with Crippen LogP contribution in [-0.2, 0) is 6.54 Å². The van der Waals surface area contributed by atoms with E-state index in [1.807, 2.05) is 38.4 Å². The highest BCUT2D eigenvalue weighted by molar-refractivity contribution is 5.95. The second-order valence-electron chi connectivity index (χ2n) is 6.39. The van der Waals surface area contributed by atoms with E-state index in [4.69, 9.17) is 18.9 Å². The fourth-order valence-corrected chi connectivity index (χ4v) is 2.55. The molecule has 1 N–H and O–H groups in total. The molecule has 7 nitrogen and oxygen atoms in total. The van der Waals surface area contributed by atoms with Crippen molar-refractivity contribution < 1.29 is 23.7 Å². The molecule has 0 bridgehead atoms. The van der Waals surface area contributed by atoms with Gasteiger partial charge in [0.05, 0.1) is 21.3 Å². The summed E-state index contributed by atoms with van der Waals surface area (Å²) >= 11 is 0. The van der Waals surface area contributed by atoms with Gasteiger partial charge in [-0.2, -0.15) is 0 Å². The Kier molecular flexibility index (Phi) is 10.1. The summed E-state index contributed by atoms with van der Waals surface area (Å²) in [6.07, 6.45) is 0. The Bertz CT molecular complexity index is 756. The molecule has 0 aliphatic carbocycles. The van der Waals surface area contributed by atoms with Crippen molar-refractivity contribution in [3.05, 3.63) is 47.5 Å². The van der Waals surface area contributed by atoms with Crippen LogP contribution in [0, 0.1) is 0 Å². The van der Waals surface area contributed by atoms with Crippen LogP contribution in [0.4, 0.5) is 0 Å². The first-order chi connectivity index (χ1) is 13.5. The van der Waals surface area contributed by atoms with Crippen molar-refractivity contribution in [2.24, 2.45) is 0 Å². The summed E-state index contributed by atoms with van der Waals surface area (Å²) in [6, 6.07) is 10.9. The zero-order valence-corrected chi connectivity index (χ0v) is 18.3. The summed E-state index contributed by atoms with van der Waals surface area (Å²) in [6.45, 7) is 1.88. The number of methoxy groups -OCH3 is 3. The summed E-state index contributed by atoms with van der Waals surface area (Å²) in [5.41, 5.74) is 1.40. The van der Waals surface area contributed by atoms with E-state index in [0.29, 0.717) is 36.0 Å². The topological polar surface area (TPSA) is 69.3 Å². The van der Waals surface area contributed by atoms with Gasteiger partial charge in [0.2, 0.25) is 5.75 Å². The molecule has 0 aliphatic heterocycles. The monoisotopic (exact) mass is 424 g/mol. The van der Waals surface area contributed by atoms with Crippen LogP contribution >= 0.6 is 12.4 Å². The zero-order valence-electron chi connectivity index (χ0n) is 17.5. The third-order valence-corrected chi connectivity index (χ3v) is 4.11. The molecule has 0 fully saturated rings. The summed E-state index contributed by atoms with van der Waals surface area (Å²) in [5, 5.41) is 2.89. The Morgan fingerprint density at radius 2 is 1.55 bits per heavy atom. The first-order valence-corrected chi connectivity index (χ1v) is 8.93. The van der Waals surface area contributed by atoms with E-state index in [9.17, 15) is 4.79 Å². The van der Waals surface area contributed by atoms with Gasteiger partial charge >= 0.3 is 0 Å². The van der Waals surface area contributed by atoms with E-state index < -0.39 is 0 Å². The number of hydrogen-bond donors (Lipinski definition) is 1. The van der Waals surface area contributed by atoms with Gasteiger partial charge in [0.15, 0.2) is 11.5 Å². The minimum atomic E-state index is -0.231. The van der Waals surface area contributed by atoms with Crippen LogP contribution in [0.5, 0.6) is 23.0 Å². The van der Waals surface area contributed by atoms with Gasteiger partial charge in [-0.25, -0.2) is 0 Å². The molecule has 1 amide bonds. The van der Waals surface area contributed by atoms with E-state index >= 15 is 0 Å². The molecule has 0 spiro atoms. The molecular formula is C21H29ClN2O5. The van der Waals surface area contributed by atoms with Gasteiger partial charge in [-0.05, 0) is 43.9 Å². The second-order valence-corrected chi connectivity index (χ2v) is 6.39. The molecule has 2 aromatic rings. The molecule has 8 heteroatoms. The van der Waals surface area contributed by atoms with E-state index in [-0.39, 0.29) is 18.3 Å². The number of rotatable bonds is 10. The molecule has 160 valence electrons. The molecule has 0 unspecified atom stereocenters. The fourth-order valence-electron chi connectivity index (χ4n) is 2.55. The average Bonchev–Trinajstić information content (AvgIpc) is 2.71. The number of hydrogen-bond acceptors (Lipinski definition) is 6. The van der Waals surface area contributed by atoms with Crippen LogP contribution in [-0.4, -0.2) is 59.4 Å². The van der Waals surface area contributed by atoms with Gasteiger partial charge in [0.1, 0.15) is 12.4 Å². The number of carbonyl (C=O) groups excluding carboxylic acids is 1. The van der Waals surface area contributed by atoms with Gasteiger partial charge in [0.25, 0.3) is 5.91 Å². The van der Waals surface area contributed by atoms with Crippen LogP contribution in [0.3, 0.4) is 0 Å². The number of halogens is 1. The van der Waals surface area contributed by atoms with E-state index in [1.165, 1.54) is 21.3 Å². The van der Waals surface area contributed by atoms with Crippen molar-refractivity contribution in [2.75, 3.05) is 48.6 Å². The average molecular weight is 425 g/mol. The van der Waals surface area contributed by atoms with E-state index in [2.05, 4.69) is 10.2 Å². The molecule has 2 aromatic carbocycles. The summed E-state index contributed by atoms with van der Waals surface area (Å²) < 4.78 is 21.5. The highest BCUT2D eigenvalue weighted by Crippen LogP contribution is 2.38. The van der Waals surface area contributed by atoms with Crippen molar-refractivity contribution in [2.45, 2.75) is 6.54 Å². The lowest BCUT2D eigenvalue weighted by atomic mass is 10.1. The highest BCUT2D eigenvalue weighted by Gasteiger charge is 2.16. The molecule has 0 aliphatic rings. The number of amides is 1. The van der Waals surface area contributed by atoms with Crippen molar-refractivity contribution in [1.29, 1.82) is 0 Å². The molecular weight excluding hydrogens is 396 g/mol. The maximum Gasteiger partial charge on any atom is 0.251 e. The van der Waals surface area contributed by atoms with E-state index in [1.54, 1.807) is 12.1 Å². The fraction of sp³-hybridized carbons (Fsp3) is 0.381. The third-order valence-electron chi connectivity index (χ3n) is 4.11. The molecule has 0 heterocycles. The highest BCUT2D eigenvalue weighted by atomic mass is 35.5. The summed E-state index contributed by atoms with van der Waals surface area (Å²) in [7, 11) is 8.56. The van der Waals surface area contributed by atoms with Crippen molar-refractivity contribution >= 4 is 18.3 Å². The molecule has 0 atom stereocenters. The standard InChI is InChI=1S/C21H28N2O5.ClH/c1-23(2)10-11-28-17-8-6-15(7-9-17)14-22-21(24)16-12-18(25-3)20(27-5)19(13-16)26-4;/h6-9,12-13H,10-11,14H2,1-5H3,(H,22,24);1H. The number of likely N-dealkylation sites (N-methyl/N-ethyl adjacent to an activating group) is 1. The number of benzene rings is 2. The molecule has 29 heavy (non-hydrogen) atoms. The molecule has 0 saturated heterocycles. The lowest BCUT2D eigenvalue weighted by Gasteiger charge is -2.14. The van der Waals surface area contributed by atoms with Gasteiger partial charge in [-0.1, -0.05) is 12.1 Å². The van der Waals surface area contributed by atoms with Crippen molar-refractivity contribution in [3.63, 3.8) is 0 Å². The zero-order chi connectivity index (χ0) is 20.5. The maximum atomic E-state index is 12.5. The van der Waals surface area contributed by atoms with Gasteiger partial charge in [-0.3, -0.25) is 4.79 Å². The number of nitrogens with one attached hydrogen (secondary N) is 1. The number of nitrogens with zero attached hydrogens (tertiary/aromatic N) is 1. The molecule has 0 radical (unpaired) electrons. The molecule has 0 saturated carbocycles.